The predicted molar refractivity (Wildman–Crippen MR) is 126 cm³/mol. The lowest BCUT2D eigenvalue weighted by Gasteiger charge is -2.33. The van der Waals surface area contributed by atoms with Crippen LogP contribution in [-0.2, 0) is 9.53 Å². The van der Waals surface area contributed by atoms with Crippen molar-refractivity contribution in [2.24, 2.45) is 4.99 Å². The number of carbonyl (C=O) groups excluding carboxylic acids is 3. The van der Waals surface area contributed by atoms with E-state index in [9.17, 15) is 14.4 Å². The molecule has 2 saturated heterocycles. The van der Waals surface area contributed by atoms with Crippen LogP contribution >= 0.6 is 0 Å². The number of piperazine rings is 1. The average Bonchev–Trinajstić information content (AvgIpc) is 3.17. The molecule has 0 bridgehead atoms. The molecule has 0 aromatic heterocycles. The third-order valence-corrected chi connectivity index (χ3v) is 6.63. The van der Waals surface area contributed by atoms with Crippen LogP contribution < -0.4 is 0 Å². The SMILES string of the molecule is CCCCCCCC[N+]1=C(CN2CCN(C(=O)OCC)CC2)N=C2C1C(=O)N(C)C(=O)N2C. The van der Waals surface area contributed by atoms with Crippen LogP contribution in [0, 0.1) is 0 Å². The smallest absolute Gasteiger partial charge is 0.409 e. The van der Waals surface area contributed by atoms with E-state index < -0.39 is 6.04 Å². The molecular formula is C23H39N6O4+. The molecule has 10 nitrogen and oxygen atoms in total. The van der Waals surface area contributed by atoms with Crippen LogP contribution in [-0.4, -0.2) is 120 Å². The fourth-order valence-electron chi connectivity index (χ4n) is 4.60. The molecule has 1 unspecified atom stereocenters. The number of amidine groups is 2. The Balaban J connectivity index is 1.70. The van der Waals surface area contributed by atoms with Gasteiger partial charge in [0.2, 0.25) is 0 Å². The molecule has 184 valence electrons. The summed E-state index contributed by atoms with van der Waals surface area (Å²) in [6.07, 6.45) is 6.73. The van der Waals surface area contributed by atoms with E-state index in [-0.39, 0.29) is 18.0 Å². The normalized spacial score (nSPS) is 21.6. The predicted octanol–water partition coefficient (Wildman–Crippen LogP) is 1.84. The number of likely N-dealkylation sites (N-methyl/N-ethyl adjacent to an activating group) is 2. The molecule has 33 heavy (non-hydrogen) atoms. The van der Waals surface area contributed by atoms with E-state index in [1.165, 1.54) is 42.5 Å². The Morgan fingerprint density at radius 1 is 1.00 bits per heavy atom. The maximum absolute atomic E-state index is 13.0. The van der Waals surface area contributed by atoms with E-state index in [1.807, 2.05) is 6.92 Å². The van der Waals surface area contributed by atoms with Crippen molar-refractivity contribution in [2.75, 3.05) is 60.0 Å². The molecule has 0 aromatic carbocycles. The first-order valence-corrected chi connectivity index (χ1v) is 12.3. The Morgan fingerprint density at radius 3 is 2.33 bits per heavy atom. The van der Waals surface area contributed by atoms with Crippen molar-refractivity contribution in [3.8, 4) is 0 Å². The van der Waals surface area contributed by atoms with Crippen molar-refractivity contribution in [2.45, 2.75) is 58.4 Å². The van der Waals surface area contributed by atoms with E-state index in [1.54, 1.807) is 11.9 Å². The fraction of sp³-hybridized carbons (Fsp3) is 0.783. The number of hydrogen-bond donors (Lipinski definition) is 0. The van der Waals surface area contributed by atoms with Gasteiger partial charge in [0.1, 0.15) is 6.54 Å². The van der Waals surface area contributed by atoms with Crippen molar-refractivity contribution < 1.29 is 23.7 Å². The maximum Gasteiger partial charge on any atom is 0.409 e. The minimum Gasteiger partial charge on any atom is -0.450 e. The Kier molecular flexibility index (Phi) is 8.82. The molecule has 0 radical (unpaired) electrons. The molecule has 3 aliphatic heterocycles. The summed E-state index contributed by atoms with van der Waals surface area (Å²) < 4.78 is 7.20. The fourth-order valence-corrected chi connectivity index (χ4v) is 4.60. The number of imide groups is 1. The van der Waals surface area contributed by atoms with Gasteiger partial charge >= 0.3 is 18.0 Å². The topological polar surface area (TPSA) is 88.8 Å². The van der Waals surface area contributed by atoms with Crippen LogP contribution in [0.25, 0.3) is 0 Å². The highest BCUT2D eigenvalue weighted by Gasteiger charge is 2.52. The van der Waals surface area contributed by atoms with Gasteiger partial charge in [0.25, 0.3) is 17.8 Å². The van der Waals surface area contributed by atoms with Gasteiger partial charge in [-0.2, -0.15) is 0 Å². The number of nitrogens with zero attached hydrogens (tertiary/aromatic N) is 6. The molecular weight excluding hydrogens is 424 g/mol. The minimum absolute atomic E-state index is 0.218. The van der Waals surface area contributed by atoms with Crippen molar-refractivity contribution >= 4 is 29.7 Å². The zero-order chi connectivity index (χ0) is 24.0. The van der Waals surface area contributed by atoms with E-state index in [0.717, 1.165) is 25.2 Å². The second kappa shape index (κ2) is 11.6. The molecule has 0 spiro atoms. The van der Waals surface area contributed by atoms with Gasteiger partial charge in [-0.15, -0.1) is 0 Å². The highest BCUT2D eigenvalue weighted by atomic mass is 16.6. The molecule has 0 aromatic rings. The minimum atomic E-state index is -0.538. The lowest BCUT2D eigenvalue weighted by Crippen LogP contribution is -2.61. The summed E-state index contributed by atoms with van der Waals surface area (Å²) in [6.45, 7) is 8.35. The monoisotopic (exact) mass is 463 g/mol. The first kappa shape index (κ1) is 25.1. The largest absolute Gasteiger partial charge is 0.450 e. The summed E-state index contributed by atoms with van der Waals surface area (Å²) in [4.78, 5) is 48.9. The second-order valence-electron chi connectivity index (χ2n) is 8.95. The first-order chi connectivity index (χ1) is 15.9. The van der Waals surface area contributed by atoms with Gasteiger partial charge in [-0.05, 0) is 24.8 Å². The third kappa shape index (κ3) is 5.72. The van der Waals surface area contributed by atoms with Crippen molar-refractivity contribution in [3.63, 3.8) is 0 Å². The van der Waals surface area contributed by atoms with E-state index in [2.05, 4.69) is 16.4 Å². The van der Waals surface area contributed by atoms with E-state index >= 15 is 0 Å². The highest BCUT2D eigenvalue weighted by Crippen LogP contribution is 2.20. The van der Waals surface area contributed by atoms with Crippen molar-refractivity contribution in [1.29, 1.82) is 0 Å². The summed E-state index contributed by atoms with van der Waals surface area (Å²) in [5.74, 6) is 1.13. The molecule has 0 N–H and O–H groups in total. The molecule has 3 aliphatic rings. The number of carbonyl (C=O) groups is 3. The van der Waals surface area contributed by atoms with Crippen LogP contribution in [0.15, 0.2) is 4.99 Å². The molecule has 10 heteroatoms. The van der Waals surface area contributed by atoms with E-state index in [4.69, 9.17) is 9.73 Å². The summed E-state index contributed by atoms with van der Waals surface area (Å²) >= 11 is 0. The van der Waals surface area contributed by atoms with Crippen LogP contribution in [0.1, 0.15) is 52.4 Å². The Bertz CT molecular complexity index is 803. The zero-order valence-electron chi connectivity index (χ0n) is 20.6. The number of aliphatic imine (C=N–C) groups is 1. The third-order valence-electron chi connectivity index (χ3n) is 6.63. The lowest BCUT2D eigenvalue weighted by molar-refractivity contribution is -0.537. The first-order valence-electron chi connectivity index (χ1n) is 12.3. The molecule has 0 saturated carbocycles. The molecule has 2 fully saturated rings. The number of unbranched alkanes of at least 4 members (excludes halogenated alkanes) is 5. The summed E-state index contributed by atoms with van der Waals surface area (Å²) in [7, 11) is 3.22. The average molecular weight is 464 g/mol. The Hall–Kier alpha value is -2.49. The van der Waals surface area contributed by atoms with Crippen LogP contribution in [0.4, 0.5) is 9.59 Å². The van der Waals surface area contributed by atoms with Gasteiger partial charge in [-0.25, -0.2) is 14.2 Å². The van der Waals surface area contributed by atoms with Crippen LogP contribution in [0.3, 0.4) is 0 Å². The van der Waals surface area contributed by atoms with Gasteiger partial charge in [-0.3, -0.25) is 19.5 Å². The van der Waals surface area contributed by atoms with Gasteiger partial charge in [-0.1, -0.05) is 32.6 Å². The molecule has 0 aliphatic carbocycles. The second-order valence-corrected chi connectivity index (χ2v) is 8.95. The molecule has 1 atom stereocenters. The molecule has 4 amide bonds. The number of rotatable bonds is 10. The van der Waals surface area contributed by atoms with Gasteiger partial charge < -0.3 is 9.64 Å². The number of urea groups is 1. The van der Waals surface area contributed by atoms with Crippen LogP contribution in [0.5, 0.6) is 0 Å². The standard InChI is InChI=1S/C23H39N6O4/c1-5-7-8-9-10-11-12-29-18(17-27-13-15-28(16-14-27)23(32)33-6-2)24-20-19(29)21(30)26(4)22(31)25(20)3/h19H,5-17H2,1-4H3/q+1. The molecule has 3 heterocycles. The highest BCUT2D eigenvalue weighted by molar-refractivity contribution is 6.23. The van der Waals surface area contributed by atoms with Gasteiger partial charge in [0.15, 0.2) is 0 Å². The van der Waals surface area contributed by atoms with Crippen LogP contribution in [0.2, 0.25) is 0 Å². The Morgan fingerprint density at radius 2 is 1.67 bits per heavy atom. The van der Waals surface area contributed by atoms with Crippen molar-refractivity contribution in [1.82, 2.24) is 19.6 Å². The van der Waals surface area contributed by atoms with Crippen molar-refractivity contribution in [3.05, 3.63) is 0 Å². The maximum atomic E-state index is 13.0. The number of hydrogen-bond acceptors (Lipinski definition) is 6. The lowest BCUT2D eigenvalue weighted by atomic mass is 10.1. The number of amides is 4. The summed E-state index contributed by atoms with van der Waals surface area (Å²) in [6, 6.07) is -0.886. The number of fused-ring (bicyclic) bond motifs is 1. The Labute approximate surface area is 196 Å². The number of ether oxygens (including phenoxy) is 1. The van der Waals surface area contributed by atoms with E-state index in [0.29, 0.717) is 45.2 Å². The van der Waals surface area contributed by atoms with Gasteiger partial charge in [0.05, 0.1) is 13.2 Å². The summed E-state index contributed by atoms with van der Waals surface area (Å²) in [5, 5.41) is 0. The zero-order valence-corrected chi connectivity index (χ0v) is 20.6. The summed E-state index contributed by atoms with van der Waals surface area (Å²) in [5.41, 5.74) is 0. The van der Waals surface area contributed by atoms with Gasteiger partial charge in [0, 0.05) is 40.3 Å². The quantitative estimate of drug-likeness (QED) is 0.364. The molecule has 3 rings (SSSR count).